The van der Waals surface area contributed by atoms with E-state index < -0.39 is 17.0 Å². The van der Waals surface area contributed by atoms with E-state index >= 15 is 0 Å². The molecule has 4 rings (SSSR count). The number of carbonyl (C=O) groups excluding carboxylic acids is 1. The van der Waals surface area contributed by atoms with E-state index in [0.717, 1.165) is 10.2 Å². The predicted octanol–water partition coefficient (Wildman–Crippen LogP) is 5.40. The molecule has 0 aliphatic heterocycles. The number of ketones is 1. The van der Waals surface area contributed by atoms with Gasteiger partial charge in [-0.2, -0.15) is 0 Å². The Morgan fingerprint density at radius 2 is 1.73 bits per heavy atom. The number of methoxy groups -OCH3 is 1. The van der Waals surface area contributed by atoms with E-state index in [1.54, 1.807) is 32.9 Å². The van der Waals surface area contributed by atoms with Crippen molar-refractivity contribution in [1.82, 2.24) is 9.55 Å². The summed E-state index contributed by atoms with van der Waals surface area (Å²) in [7, 11) is 1.54. The molecule has 7 heteroatoms. The molecule has 2 N–H and O–H groups in total. The maximum atomic E-state index is 13.3. The van der Waals surface area contributed by atoms with Crippen LogP contribution in [0.25, 0.3) is 26.6 Å². The second-order valence-corrected chi connectivity index (χ2v) is 8.98. The molecule has 154 valence electrons. The second kappa shape index (κ2) is 7.18. The van der Waals surface area contributed by atoms with Crippen LogP contribution in [0.1, 0.15) is 31.1 Å². The molecule has 0 saturated carbocycles. The molecule has 0 aliphatic carbocycles. The van der Waals surface area contributed by atoms with E-state index in [4.69, 9.17) is 4.74 Å². The van der Waals surface area contributed by atoms with Crippen molar-refractivity contribution >= 4 is 27.3 Å². The van der Waals surface area contributed by atoms with Gasteiger partial charge in [0.25, 0.3) is 0 Å². The Kier molecular flexibility index (Phi) is 4.78. The molecule has 2 aromatic heterocycles. The number of nitrogens with zero attached hydrogens (tertiary/aromatic N) is 2. The first-order valence-electron chi connectivity index (χ1n) is 9.44. The largest absolute Gasteiger partial charge is 0.503 e. The smallest absolute Gasteiger partial charge is 0.242 e. The molecular formula is C23H22N2O4S. The lowest BCUT2D eigenvalue weighted by Crippen LogP contribution is -2.21. The lowest BCUT2D eigenvalue weighted by atomic mass is 9.85. The molecule has 0 unspecified atom stereocenters. The van der Waals surface area contributed by atoms with Crippen LogP contribution in [-0.2, 0) is 0 Å². The van der Waals surface area contributed by atoms with Gasteiger partial charge in [0, 0.05) is 11.0 Å². The fourth-order valence-corrected chi connectivity index (χ4v) is 4.35. The van der Waals surface area contributed by atoms with Crippen LogP contribution < -0.4 is 4.74 Å². The number of Topliss-reactive ketones (excluding diaryl/α,β-unsaturated/α-hetero) is 1. The Bertz CT molecular complexity index is 1230. The van der Waals surface area contributed by atoms with E-state index in [1.165, 1.54) is 23.0 Å². The van der Waals surface area contributed by atoms with Gasteiger partial charge in [-0.25, -0.2) is 4.98 Å². The zero-order valence-corrected chi connectivity index (χ0v) is 17.9. The summed E-state index contributed by atoms with van der Waals surface area (Å²) in [6.07, 6.45) is 0. The van der Waals surface area contributed by atoms with Crippen LogP contribution in [0.3, 0.4) is 0 Å². The molecule has 0 atom stereocenters. The van der Waals surface area contributed by atoms with Crippen LogP contribution in [0.15, 0.2) is 48.5 Å². The first-order valence-corrected chi connectivity index (χ1v) is 10.3. The number of aromatic hydroxyl groups is 2. The SMILES string of the molecule is COc1ccccc1-c1c(C(=O)C(C)(C)C)c(O)c(O)n1-c1nc2ccccc2s1. The Morgan fingerprint density at radius 1 is 1.07 bits per heavy atom. The summed E-state index contributed by atoms with van der Waals surface area (Å²) in [4.78, 5) is 17.9. The van der Waals surface area contributed by atoms with Gasteiger partial charge in [-0.3, -0.25) is 9.36 Å². The van der Waals surface area contributed by atoms with Crippen LogP contribution in [0.5, 0.6) is 17.4 Å². The summed E-state index contributed by atoms with van der Waals surface area (Å²) >= 11 is 1.36. The first kappa shape index (κ1) is 20.0. The minimum Gasteiger partial charge on any atom is -0.503 e. The van der Waals surface area contributed by atoms with E-state index in [0.29, 0.717) is 22.1 Å². The van der Waals surface area contributed by atoms with Gasteiger partial charge in [0.15, 0.2) is 16.7 Å². The van der Waals surface area contributed by atoms with Crippen molar-refractivity contribution in [3.63, 3.8) is 0 Å². The Morgan fingerprint density at radius 3 is 2.40 bits per heavy atom. The van der Waals surface area contributed by atoms with Crippen molar-refractivity contribution in [3.05, 3.63) is 54.1 Å². The van der Waals surface area contributed by atoms with Crippen LogP contribution in [0, 0.1) is 5.41 Å². The molecule has 0 saturated heterocycles. The highest BCUT2D eigenvalue weighted by atomic mass is 32.1. The third-order valence-electron chi connectivity index (χ3n) is 4.87. The standard InChI is InChI=1S/C23H22N2O4S/c1-23(2,3)20(27)17-18(13-9-5-7-11-15(13)29-4)25(21(28)19(17)26)22-24-14-10-6-8-12-16(14)30-22/h5-12,26,28H,1-4H3. The quantitative estimate of drug-likeness (QED) is 0.430. The minimum atomic E-state index is -0.777. The van der Waals surface area contributed by atoms with Crippen molar-refractivity contribution in [1.29, 1.82) is 0 Å². The van der Waals surface area contributed by atoms with E-state index in [2.05, 4.69) is 4.98 Å². The number of ether oxygens (including phenoxy) is 1. The van der Waals surface area contributed by atoms with Gasteiger partial charge in [0.1, 0.15) is 5.75 Å². The van der Waals surface area contributed by atoms with Crippen molar-refractivity contribution in [3.8, 4) is 33.8 Å². The molecule has 6 nitrogen and oxygen atoms in total. The van der Waals surface area contributed by atoms with Gasteiger partial charge < -0.3 is 14.9 Å². The maximum absolute atomic E-state index is 13.3. The number of fused-ring (bicyclic) bond motifs is 1. The molecule has 4 aromatic rings. The topological polar surface area (TPSA) is 84.6 Å². The van der Waals surface area contributed by atoms with Crippen molar-refractivity contribution in [2.75, 3.05) is 7.11 Å². The molecule has 2 heterocycles. The summed E-state index contributed by atoms with van der Waals surface area (Å²) in [5.74, 6) is -0.672. The Balaban J connectivity index is 2.11. The summed E-state index contributed by atoms with van der Waals surface area (Å²) in [6, 6.07) is 14.8. The average Bonchev–Trinajstić information content (AvgIpc) is 3.25. The fraction of sp³-hybridized carbons (Fsp3) is 0.217. The number of hydrogen-bond donors (Lipinski definition) is 2. The number of benzene rings is 2. The number of para-hydroxylation sites is 2. The van der Waals surface area contributed by atoms with Crippen LogP contribution >= 0.6 is 11.3 Å². The predicted molar refractivity (Wildman–Crippen MR) is 118 cm³/mol. The highest BCUT2D eigenvalue weighted by Crippen LogP contribution is 2.48. The molecule has 0 fully saturated rings. The first-order chi connectivity index (χ1) is 14.2. The minimum absolute atomic E-state index is 0.0451. The second-order valence-electron chi connectivity index (χ2n) is 7.97. The number of carbonyl (C=O) groups is 1. The normalized spacial score (nSPS) is 11.7. The maximum Gasteiger partial charge on any atom is 0.242 e. The van der Waals surface area contributed by atoms with Crippen molar-refractivity contribution in [2.24, 2.45) is 5.41 Å². The van der Waals surface area contributed by atoms with Crippen LogP contribution in [0.4, 0.5) is 0 Å². The van der Waals surface area contributed by atoms with Crippen molar-refractivity contribution in [2.45, 2.75) is 20.8 Å². The summed E-state index contributed by atoms with van der Waals surface area (Å²) in [5, 5.41) is 22.2. The van der Waals surface area contributed by atoms with Crippen LogP contribution in [-0.4, -0.2) is 32.7 Å². The van der Waals surface area contributed by atoms with Gasteiger partial charge in [-0.1, -0.05) is 56.4 Å². The molecule has 0 bridgehead atoms. The third kappa shape index (κ3) is 3.11. The van der Waals surface area contributed by atoms with Gasteiger partial charge in [-0.15, -0.1) is 0 Å². The molecule has 0 radical (unpaired) electrons. The lowest BCUT2D eigenvalue weighted by Gasteiger charge is -2.18. The van der Waals surface area contributed by atoms with E-state index in [9.17, 15) is 15.0 Å². The number of thiazole rings is 1. The molecule has 0 amide bonds. The highest BCUT2D eigenvalue weighted by Gasteiger charge is 2.36. The molecule has 30 heavy (non-hydrogen) atoms. The van der Waals surface area contributed by atoms with Gasteiger partial charge in [0.2, 0.25) is 5.88 Å². The number of hydrogen-bond acceptors (Lipinski definition) is 6. The van der Waals surface area contributed by atoms with Gasteiger partial charge in [-0.05, 0) is 24.3 Å². The van der Waals surface area contributed by atoms with Gasteiger partial charge >= 0.3 is 0 Å². The Labute approximate surface area is 178 Å². The van der Waals surface area contributed by atoms with E-state index in [1.807, 2.05) is 36.4 Å². The number of rotatable bonds is 4. The zero-order valence-electron chi connectivity index (χ0n) is 17.1. The monoisotopic (exact) mass is 422 g/mol. The molecular weight excluding hydrogens is 400 g/mol. The molecule has 0 spiro atoms. The van der Waals surface area contributed by atoms with Crippen LogP contribution in [0.2, 0.25) is 0 Å². The fourth-order valence-electron chi connectivity index (χ4n) is 3.37. The summed E-state index contributed by atoms with van der Waals surface area (Å²) < 4.78 is 7.87. The van der Waals surface area contributed by atoms with Crippen molar-refractivity contribution < 1.29 is 19.7 Å². The number of aromatic nitrogens is 2. The van der Waals surface area contributed by atoms with E-state index in [-0.39, 0.29) is 11.3 Å². The lowest BCUT2D eigenvalue weighted by molar-refractivity contribution is 0.0856. The summed E-state index contributed by atoms with van der Waals surface area (Å²) in [5.41, 5.74) is 0.952. The highest BCUT2D eigenvalue weighted by molar-refractivity contribution is 7.20. The third-order valence-corrected chi connectivity index (χ3v) is 5.89. The van der Waals surface area contributed by atoms with Gasteiger partial charge in [0.05, 0.1) is 28.6 Å². The molecule has 0 aliphatic rings. The summed E-state index contributed by atoms with van der Waals surface area (Å²) in [6.45, 7) is 5.31. The zero-order chi connectivity index (χ0) is 21.6. The molecule has 2 aromatic carbocycles. The average molecular weight is 423 g/mol. The Hall–Kier alpha value is -3.32.